The summed E-state index contributed by atoms with van der Waals surface area (Å²) in [5, 5.41) is 13.7. The van der Waals surface area contributed by atoms with Crippen molar-refractivity contribution in [1.82, 2.24) is 29.7 Å². The first kappa shape index (κ1) is 52.9. The number of nitrogens with zero attached hydrogens (tertiary/aromatic N) is 7. The number of nitrogens with one attached hydrogen (secondary N) is 2. The average molecular weight is 991 g/mol. The van der Waals surface area contributed by atoms with E-state index in [4.69, 9.17) is 26.4 Å². The number of imide groups is 1. The summed E-state index contributed by atoms with van der Waals surface area (Å²) < 4.78 is 22.7. The van der Waals surface area contributed by atoms with Gasteiger partial charge in [0, 0.05) is 106 Å². The molecule has 14 nitrogen and oxygen atoms in total. The predicted molar refractivity (Wildman–Crippen MR) is 280 cm³/mol. The third-order valence-corrected chi connectivity index (χ3v) is 14.5. The van der Waals surface area contributed by atoms with Crippen LogP contribution in [0.25, 0.3) is 22.2 Å². The van der Waals surface area contributed by atoms with Crippen molar-refractivity contribution in [3.05, 3.63) is 95.0 Å². The number of hydrogen-bond acceptors (Lipinski definition) is 11. The van der Waals surface area contributed by atoms with Gasteiger partial charge < -0.3 is 34.4 Å². The summed E-state index contributed by atoms with van der Waals surface area (Å²) in [5.41, 5.74) is 7.35. The second kappa shape index (κ2) is 26.0. The number of fused-ring (bicyclic) bond motifs is 1. The Balaban J connectivity index is 0.00000366. The van der Waals surface area contributed by atoms with Gasteiger partial charge in [-0.2, -0.15) is 4.98 Å². The van der Waals surface area contributed by atoms with Crippen molar-refractivity contribution in [3.8, 4) is 23.0 Å². The van der Waals surface area contributed by atoms with Crippen LogP contribution in [0.15, 0.2) is 73.1 Å². The molecule has 5 aromatic rings. The molecule has 1 unspecified atom stereocenters. The quantitative estimate of drug-likeness (QED) is 0.0571. The number of piperidine rings is 2. The molecule has 71 heavy (non-hydrogen) atoms. The Kier molecular flexibility index (Phi) is 19.4. The van der Waals surface area contributed by atoms with E-state index in [9.17, 15) is 18.8 Å². The number of anilines is 4. The Morgan fingerprint density at radius 3 is 2.38 bits per heavy atom. The molecule has 1 atom stereocenters. The van der Waals surface area contributed by atoms with E-state index in [1.165, 1.54) is 54.7 Å². The van der Waals surface area contributed by atoms with Crippen LogP contribution in [0.4, 0.5) is 27.4 Å². The fourth-order valence-electron chi connectivity index (χ4n) is 10.2. The molecule has 0 spiro atoms. The number of aliphatic hydroxyl groups excluding tert-OH is 1. The van der Waals surface area contributed by atoms with Crippen LogP contribution in [0.5, 0.6) is 0 Å². The molecule has 1 aliphatic carbocycles. The number of aromatic nitrogens is 3. The SMILES string of the molecule is CC(CCC(=O)NC=O)N(C)c1ccc(C#CCOC2CCN(CC3CCN(Cc4ccc(-c5cn(C6CCCCC6)c6nc(Nc7cc(F)cc(Cl)c7)ncc56)cc4)CC3)CC2)cc1N(C)C=O.CO. The molecule has 2 aliphatic heterocycles. The van der Waals surface area contributed by atoms with Crippen LogP contribution in [0.2, 0.25) is 5.02 Å². The first-order chi connectivity index (χ1) is 34.5. The molecule has 2 saturated heterocycles. The second-order valence-electron chi connectivity index (χ2n) is 19.1. The van der Waals surface area contributed by atoms with Gasteiger partial charge in [-0.1, -0.05) is 67.0 Å². The molecule has 1 saturated carbocycles. The van der Waals surface area contributed by atoms with Crippen molar-refractivity contribution in [2.24, 2.45) is 5.92 Å². The highest BCUT2D eigenvalue weighted by Crippen LogP contribution is 2.37. The maximum atomic E-state index is 14.1. The number of hydrogen-bond donors (Lipinski definition) is 3. The van der Waals surface area contributed by atoms with E-state index in [0.29, 0.717) is 48.1 Å². The molecule has 2 aromatic heterocycles. The molecule has 3 aromatic carbocycles. The average Bonchev–Trinajstić information content (AvgIpc) is 3.77. The molecule has 16 heteroatoms. The molecule has 0 radical (unpaired) electrons. The lowest BCUT2D eigenvalue weighted by Gasteiger charge is -2.37. The molecule has 4 heterocycles. The summed E-state index contributed by atoms with van der Waals surface area (Å²) in [4.78, 5) is 52.6. The zero-order valence-corrected chi connectivity index (χ0v) is 42.3. The summed E-state index contributed by atoms with van der Waals surface area (Å²) in [7, 11) is 4.64. The maximum Gasteiger partial charge on any atom is 0.229 e. The summed E-state index contributed by atoms with van der Waals surface area (Å²) in [6, 6.07) is 19.5. The van der Waals surface area contributed by atoms with Gasteiger partial charge in [0.05, 0.1) is 17.5 Å². The number of benzene rings is 3. The van der Waals surface area contributed by atoms with Crippen LogP contribution in [-0.4, -0.2) is 121 Å². The van der Waals surface area contributed by atoms with Gasteiger partial charge in [0.15, 0.2) is 0 Å². The molecule has 3 fully saturated rings. The molecule has 0 bridgehead atoms. The molecule has 8 rings (SSSR count). The van der Waals surface area contributed by atoms with E-state index < -0.39 is 5.82 Å². The van der Waals surface area contributed by atoms with Gasteiger partial charge >= 0.3 is 0 Å². The molecular weight excluding hydrogens is 921 g/mol. The van der Waals surface area contributed by atoms with Crippen LogP contribution in [-0.2, 0) is 25.7 Å². The zero-order chi connectivity index (χ0) is 50.3. The Labute approximate surface area is 422 Å². The van der Waals surface area contributed by atoms with Crippen molar-refractivity contribution in [1.29, 1.82) is 0 Å². The van der Waals surface area contributed by atoms with Crippen LogP contribution in [0.3, 0.4) is 0 Å². The lowest BCUT2D eigenvalue weighted by atomic mass is 9.94. The third-order valence-electron chi connectivity index (χ3n) is 14.3. The fourth-order valence-corrected chi connectivity index (χ4v) is 10.4. The smallest absolute Gasteiger partial charge is 0.229 e. The lowest BCUT2D eigenvalue weighted by molar-refractivity contribution is -0.125. The minimum atomic E-state index is -0.414. The van der Waals surface area contributed by atoms with E-state index in [-0.39, 0.29) is 24.5 Å². The van der Waals surface area contributed by atoms with E-state index >= 15 is 0 Å². The van der Waals surface area contributed by atoms with Gasteiger partial charge in [0.25, 0.3) is 0 Å². The summed E-state index contributed by atoms with van der Waals surface area (Å²) in [5.74, 6) is 6.78. The maximum absolute atomic E-state index is 14.1. The minimum absolute atomic E-state index is 0.0115. The van der Waals surface area contributed by atoms with Crippen LogP contribution in [0.1, 0.15) is 94.7 Å². The Morgan fingerprint density at radius 1 is 0.944 bits per heavy atom. The largest absolute Gasteiger partial charge is 0.400 e. The number of carbonyl (C=O) groups is 3. The number of carbonyl (C=O) groups excluding carboxylic acids is 3. The normalized spacial score (nSPS) is 16.5. The van der Waals surface area contributed by atoms with Crippen LogP contribution >= 0.6 is 11.6 Å². The van der Waals surface area contributed by atoms with Gasteiger partial charge in [0.1, 0.15) is 18.1 Å². The highest BCUT2D eigenvalue weighted by atomic mass is 35.5. The van der Waals surface area contributed by atoms with Gasteiger partial charge in [-0.15, -0.1) is 0 Å². The third kappa shape index (κ3) is 14.4. The van der Waals surface area contributed by atoms with Crippen molar-refractivity contribution in [2.75, 3.05) is 75.7 Å². The first-order valence-electron chi connectivity index (χ1n) is 25.0. The monoisotopic (exact) mass is 990 g/mol. The highest BCUT2D eigenvalue weighted by molar-refractivity contribution is 6.30. The predicted octanol–water partition coefficient (Wildman–Crippen LogP) is 8.96. The number of likely N-dealkylation sites (tertiary alicyclic amines) is 2. The van der Waals surface area contributed by atoms with Crippen molar-refractivity contribution in [2.45, 2.75) is 102 Å². The lowest BCUT2D eigenvalue weighted by Crippen LogP contribution is -2.42. The van der Waals surface area contributed by atoms with Crippen LogP contribution in [0, 0.1) is 23.6 Å². The first-order valence-corrected chi connectivity index (χ1v) is 25.4. The summed E-state index contributed by atoms with van der Waals surface area (Å²) in [6.07, 6.45) is 16.6. The molecule has 3 N–H and O–H groups in total. The van der Waals surface area contributed by atoms with E-state index in [2.05, 4.69) is 72.3 Å². The van der Waals surface area contributed by atoms with Gasteiger partial charge in [-0.05, 0) is 118 Å². The zero-order valence-electron chi connectivity index (χ0n) is 41.6. The molecule has 378 valence electrons. The van der Waals surface area contributed by atoms with Gasteiger partial charge in [0.2, 0.25) is 24.7 Å². The second-order valence-corrected chi connectivity index (χ2v) is 19.5. The van der Waals surface area contributed by atoms with Crippen molar-refractivity contribution < 1.29 is 28.6 Å². The fraction of sp³-hybridized carbons (Fsp3) is 0.473. The number of halogens is 2. The Morgan fingerprint density at radius 2 is 1.68 bits per heavy atom. The minimum Gasteiger partial charge on any atom is -0.400 e. The standard InChI is InChI=1S/C54H65ClFN9O4.CH4O/c1-38(11-18-52(68)58-36-66)62(3)50-17-14-39(28-51(50)61(2)37-67)8-7-27-69-47-21-25-64(26-22-47)34-41-19-23-63(24-20-41)33-40-12-15-42(16-13-40)49-35-65(46-9-5-4-6-10-46)53-48(49)32-57-54(60-53)59-45-30-43(55)29-44(56)31-45;1-2/h12-17,28-32,35-38,41,46-47H,4-6,9-11,18-27,33-34H2,1-3H3,(H,57,59,60)(H,58,66,68);2H,1H3. The number of ether oxygens (including phenoxy) is 1. The summed E-state index contributed by atoms with van der Waals surface area (Å²) >= 11 is 6.12. The number of amides is 3. The van der Waals surface area contributed by atoms with E-state index in [1.54, 1.807) is 13.1 Å². The van der Waals surface area contributed by atoms with Crippen molar-refractivity contribution >= 4 is 64.4 Å². The number of rotatable bonds is 18. The summed E-state index contributed by atoms with van der Waals surface area (Å²) in [6.45, 7) is 8.71. The van der Waals surface area contributed by atoms with Crippen LogP contribution < -0.4 is 20.4 Å². The number of aliphatic hydroxyl groups is 1. The highest BCUT2D eigenvalue weighted by Gasteiger charge is 2.26. The molecular formula is C55H69ClFN9O5. The van der Waals surface area contributed by atoms with Gasteiger partial charge in [-0.25, -0.2) is 9.37 Å². The topological polar surface area (TPSA) is 148 Å². The molecule has 3 amide bonds. The van der Waals surface area contributed by atoms with Crippen molar-refractivity contribution in [3.63, 3.8) is 0 Å². The van der Waals surface area contributed by atoms with E-state index in [0.717, 1.165) is 118 Å². The van der Waals surface area contributed by atoms with E-state index in [1.807, 2.05) is 43.3 Å². The Bertz CT molecular complexity index is 2590. The molecule has 3 aliphatic rings. The Hall–Kier alpha value is -5.89. The van der Waals surface area contributed by atoms with Gasteiger partial charge in [-0.3, -0.25) is 24.6 Å².